The molecule has 1 aromatic rings. The first-order valence-corrected chi connectivity index (χ1v) is 9.17. The lowest BCUT2D eigenvalue weighted by atomic mass is 9.88. The number of nitrogens with one attached hydrogen (secondary N) is 3. The van der Waals surface area contributed by atoms with Gasteiger partial charge < -0.3 is 20.9 Å². The van der Waals surface area contributed by atoms with Crippen molar-refractivity contribution in [3.63, 3.8) is 0 Å². The molecule has 1 aliphatic rings. The van der Waals surface area contributed by atoms with Gasteiger partial charge in [-0.2, -0.15) is 0 Å². The number of likely N-dealkylation sites (N-methyl/N-ethyl adjacent to an activating group) is 1. The number of anilines is 1. The summed E-state index contributed by atoms with van der Waals surface area (Å²) in [7, 11) is 0. The van der Waals surface area contributed by atoms with Gasteiger partial charge in [0.25, 0.3) is 5.91 Å². The summed E-state index contributed by atoms with van der Waals surface area (Å²) >= 11 is 0. The standard InChI is InChI=1S/C19H30N4O2/c1-4-23(5-2)11-10-21-19(25)15-6-8-17(9-7-15)22-18(24)14(3)16-12-20-13-16/h6-9,14,16,20H,4-5,10-13H2,1-3H3,(H,21,25)(H,22,24). The van der Waals surface area contributed by atoms with Crippen molar-refractivity contribution < 1.29 is 9.59 Å². The van der Waals surface area contributed by atoms with Gasteiger partial charge in [-0.3, -0.25) is 9.59 Å². The molecule has 1 heterocycles. The Labute approximate surface area is 150 Å². The normalized spacial score (nSPS) is 15.5. The second-order valence-corrected chi connectivity index (χ2v) is 6.56. The molecule has 1 atom stereocenters. The molecule has 1 aliphatic heterocycles. The summed E-state index contributed by atoms with van der Waals surface area (Å²) in [6, 6.07) is 7.06. The van der Waals surface area contributed by atoms with E-state index in [0.717, 1.165) is 38.4 Å². The smallest absolute Gasteiger partial charge is 0.251 e. The van der Waals surface area contributed by atoms with Gasteiger partial charge in [0.05, 0.1) is 0 Å². The van der Waals surface area contributed by atoms with Crippen molar-refractivity contribution in [1.82, 2.24) is 15.5 Å². The number of hydrogen-bond donors (Lipinski definition) is 3. The number of nitrogens with zero attached hydrogens (tertiary/aromatic N) is 1. The van der Waals surface area contributed by atoms with E-state index in [9.17, 15) is 9.59 Å². The highest BCUT2D eigenvalue weighted by Gasteiger charge is 2.28. The van der Waals surface area contributed by atoms with Crippen LogP contribution in [0.5, 0.6) is 0 Å². The molecule has 0 spiro atoms. The van der Waals surface area contributed by atoms with Crippen molar-refractivity contribution in [3.8, 4) is 0 Å². The van der Waals surface area contributed by atoms with Gasteiger partial charge in [0, 0.05) is 30.3 Å². The fraction of sp³-hybridized carbons (Fsp3) is 0.579. The SMILES string of the molecule is CCN(CC)CCNC(=O)c1ccc(NC(=O)C(C)C2CNC2)cc1. The highest BCUT2D eigenvalue weighted by Crippen LogP contribution is 2.18. The monoisotopic (exact) mass is 346 g/mol. The fourth-order valence-electron chi connectivity index (χ4n) is 2.81. The lowest BCUT2D eigenvalue weighted by molar-refractivity contribution is -0.121. The average molecular weight is 346 g/mol. The van der Waals surface area contributed by atoms with Gasteiger partial charge in [0.15, 0.2) is 0 Å². The maximum atomic E-state index is 12.2. The average Bonchev–Trinajstić information content (AvgIpc) is 2.57. The van der Waals surface area contributed by atoms with E-state index in [1.807, 2.05) is 6.92 Å². The summed E-state index contributed by atoms with van der Waals surface area (Å²) in [4.78, 5) is 26.6. The van der Waals surface area contributed by atoms with Crippen LogP contribution in [0.2, 0.25) is 0 Å². The number of amides is 2. The summed E-state index contributed by atoms with van der Waals surface area (Å²) in [5.41, 5.74) is 1.33. The molecule has 0 bridgehead atoms. The molecule has 2 amide bonds. The summed E-state index contributed by atoms with van der Waals surface area (Å²) < 4.78 is 0. The lowest BCUT2D eigenvalue weighted by Gasteiger charge is -2.31. The van der Waals surface area contributed by atoms with Gasteiger partial charge in [-0.25, -0.2) is 0 Å². The summed E-state index contributed by atoms with van der Waals surface area (Å²) in [5, 5.41) is 9.04. The van der Waals surface area contributed by atoms with Crippen LogP contribution in [0.15, 0.2) is 24.3 Å². The molecular formula is C19H30N4O2. The van der Waals surface area contributed by atoms with Crippen LogP contribution in [0.25, 0.3) is 0 Å². The van der Waals surface area contributed by atoms with E-state index in [1.165, 1.54) is 0 Å². The van der Waals surface area contributed by atoms with Crippen LogP contribution in [-0.4, -0.2) is 56.0 Å². The van der Waals surface area contributed by atoms with Gasteiger partial charge in [-0.05, 0) is 56.4 Å². The predicted octanol–water partition coefficient (Wildman–Crippen LogP) is 1.55. The minimum absolute atomic E-state index is 0.00991. The zero-order valence-corrected chi connectivity index (χ0v) is 15.5. The predicted molar refractivity (Wildman–Crippen MR) is 101 cm³/mol. The molecule has 0 radical (unpaired) electrons. The Morgan fingerprint density at radius 3 is 2.36 bits per heavy atom. The van der Waals surface area contributed by atoms with Gasteiger partial charge >= 0.3 is 0 Å². The molecule has 1 unspecified atom stereocenters. The molecule has 0 saturated carbocycles. The molecule has 1 fully saturated rings. The molecule has 6 nitrogen and oxygen atoms in total. The van der Waals surface area contributed by atoms with E-state index in [0.29, 0.717) is 18.0 Å². The van der Waals surface area contributed by atoms with Gasteiger partial charge in [-0.15, -0.1) is 0 Å². The van der Waals surface area contributed by atoms with Crippen LogP contribution in [-0.2, 0) is 4.79 Å². The Balaban J connectivity index is 1.80. The van der Waals surface area contributed by atoms with Crippen LogP contribution in [0.1, 0.15) is 31.1 Å². The first-order valence-electron chi connectivity index (χ1n) is 9.17. The second-order valence-electron chi connectivity index (χ2n) is 6.56. The third kappa shape index (κ3) is 5.54. The van der Waals surface area contributed by atoms with Crippen molar-refractivity contribution in [2.75, 3.05) is 44.6 Å². The van der Waals surface area contributed by atoms with E-state index in [1.54, 1.807) is 24.3 Å². The second kappa shape index (κ2) is 9.53. The largest absolute Gasteiger partial charge is 0.351 e. The molecular weight excluding hydrogens is 316 g/mol. The molecule has 138 valence electrons. The Kier molecular flexibility index (Phi) is 7.40. The van der Waals surface area contributed by atoms with Crippen LogP contribution >= 0.6 is 0 Å². The number of carbonyl (C=O) groups excluding carboxylic acids is 2. The van der Waals surface area contributed by atoms with Crippen molar-refractivity contribution in [3.05, 3.63) is 29.8 Å². The Hall–Kier alpha value is -1.92. The molecule has 3 N–H and O–H groups in total. The minimum Gasteiger partial charge on any atom is -0.351 e. The zero-order valence-electron chi connectivity index (χ0n) is 15.5. The topological polar surface area (TPSA) is 73.5 Å². The van der Waals surface area contributed by atoms with E-state index in [2.05, 4.69) is 34.7 Å². The first-order chi connectivity index (χ1) is 12.0. The Morgan fingerprint density at radius 1 is 1.20 bits per heavy atom. The van der Waals surface area contributed by atoms with E-state index in [4.69, 9.17) is 0 Å². The van der Waals surface area contributed by atoms with Crippen LogP contribution in [0, 0.1) is 11.8 Å². The number of rotatable bonds is 9. The van der Waals surface area contributed by atoms with Gasteiger partial charge in [0.2, 0.25) is 5.91 Å². The van der Waals surface area contributed by atoms with Crippen LogP contribution < -0.4 is 16.0 Å². The lowest BCUT2D eigenvalue weighted by Crippen LogP contribution is -2.48. The highest BCUT2D eigenvalue weighted by molar-refractivity contribution is 5.96. The molecule has 2 rings (SSSR count). The van der Waals surface area contributed by atoms with Crippen molar-refractivity contribution in [1.29, 1.82) is 0 Å². The number of carbonyl (C=O) groups is 2. The number of benzene rings is 1. The fourth-order valence-corrected chi connectivity index (χ4v) is 2.81. The quantitative estimate of drug-likeness (QED) is 0.634. The van der Waals surface area contributed by atoms with E-state index in [-0.39, 0.29) is 17.7 Å². The maximum Gasteiger partial charge on any atom is 0.251 e. The third-order valence-electron chi connectivity index (χ3n) is 4.96. The minimum atomic E-state index is -0.0843. The molecule has 1 aromatic carbocycles. The molecule has 0 aromatic heterocycles. The van der Waals surface area contributed by atoms with Gasteiger partial charge in [0.1, 0.15) is 0 Å². The molecule has 6 heteroatoms. The van der Waals surface area contributed by atoms with Crippen LogP contribution in [0.4, 0.5) is 5.69 Å². The number of hydrogen-bond acceptors (Lipinski definition) is 4. The first kappa shape index (κ1) is 19.4. The zero-order chi connectivity index (χ0) is 18.2. The van der Waals surface area contributed by atoms with Gasteiger partial charge in [-0.1, -0.05) is 20.8 Å². The van der Waals surface area contributed by atoms with Crippen molar-refractivity contribution in [2.45, 2.75) is 20.8 Å². The van der Waals surface area contributed by atoms with E-state index >= 15 is 0 Å². The van der Waals surface area contributed by atoms with Crippen molar-refractivity contribution in [2.24, 2.45) is 11.8 Å². The van der Waals surface area contributed by atoms with Crippen molar-refractivity contribution >= 4 is 17.5 Å². The highest BCUT2D eigenvalue weighted by atomic mass is 16.2. The van der Waals surface area contributed by atoms with Crippen LogP contribution in [0.3, 0.4) is 0 Å². The summed E-state index contributed by atoms with van der Waals surface area (Å²) in [5.74, 6) is 0.349. The maximum absolute atomic E-state index is 12.2. The Bertz CT molecular complexity index is 565. The molecule has 25 heavy (non-hydrogen) atoms. The Morgan fingerprint density at radius 2 is 1.84 bits per heavy atom. The van der Waals surface area contributed by atoms with E-state index < -0.39 is 0 Å². The summed E-state index contributed by atoms with van der Waals surface area (Å²) in [6.45, 7) is 11.4. The molecule has 0 aliphatic carbocycles. The third-order valence-corrected chi connectivity index (χ3v) is 4.96. The summed E-state index contributed by atoms with van der Waals surface area (Å²) in [6.07, 6.45) is 0. The molecule has 1 saturated heterocycles.